The third-order valence-corrected chi connectivity index (χ3v) is 1.93. The summed E-state index contributed by atoms with van der Waals surface area (Å²) in [4.78, 5) is 10.8. The van der Waals surface area contributed by atoms with Crippen LogP contribution >= 0.6 is 11.6 Å². The molecule has 1 aromatic carbocycles. The molecule has 0 aliphatic heterocycles. The van der Waals surface area contributed by atoms with Crippen molar-refractivity contribution >= 4 is 23.2 Å². The van der Waals surface area contributed by atoms with E-state index in [1.807, 2.05) is 0 Å². The van der Waals surface area contributed by atoms with E-state index in [4.69, 9.17) is 22.4 Å². The Morgan fingerprint density at radius 1 is 1.64 bits per heavy atom. The fourth-order valence-corrected chi connectivity index (χ4v) is 1.18. The van der Waals surface area contributed by atoms with Gasteiger partial charge in [-0.1, -0.05) is 17.7 Å². The highest BCUT2D eigenvalue weighted by Gasteiger charge is 2.12. The number of halogens is 1. The third kappa shape index (κ3) is 2.90. The molecule has 1 rings (SSSR count). The summed E-state index contributed by atoms with van der Waals surface area (Å²) in [6.45, 7) is -0.345. The largest absolute Gasteiger partial charge is 0.394 e. The predicted octanol–water partition coefficient (Wildman–Crippen LogP) is 0.598. The molecular formula is C9H11ClN2O2. The average molecular weight is 215 g/mol. The molecule has 0 aromatic heterocycles. The molecule has 14 heavy (non-hydrogen) atoms. The quantitative estimate of drug-likeness (QED) is 0.687. The molecule has 4 N–H and O–H groups in total. The highest BCUT2D eigenvalue weighted by atomic mass is 35.5. The molecule has 0 fully saturated rings. The molecule has 1 amide bonds. The van der Waals surface area contributed by atoms with Gasteiger partial charge in [-0.3, -0.25) is 4.79 Å². The van der Waals surface area contributed by atoms with Crippen LogP contribution in [0.1, 0.15) is 0 Å². The number of rotatable bonds is 4. The number of benzene rings is 1. The van der Waals surface area contributed by atoms with Gasteiger partial charge < -0.3 is 16.2 Å². The number of primary amides is 1. The summed E-state index contributed by atoms with van der Waals surface area (Å²) in [5.74, 6) is -0.604. The van der Waals surface area contributed by atoms with E-state index in [0.717, 1.165) is 0 Å². The molecule has 0 heterocycles. The number of carbonyl (C=O) groups excluding carboxylic acids is 1. The van der Waals surface area contributed by atoms with Gasteiger partial charge >= 0.3 is 0 Å². The van der Waals surface area contributed by atoms with Crippen LogP contribution in [0.3, 0.4) is 0 Å². The second kappa shape index (κ2) is 4.83. The van der Waals surface area contributed by atoms with Gasteiger partial charge in [-0.25, -0.2) is 0 Å². The van der Waals surface area contributed by atoms with Gasteiger partial charge in [-0.05, 0) is 18.2 Å². The van der Waals surface area contributed by atoms with Crippen molar-refractivity contribution in [3.63, 3.8) is 0 Å². The molecule has 0 bridgehead atoms. The Labute approximate surface area is 86.7 Å². The van der Waals surface area contributed by atoms with E-state index in [2.05, 4.69) is 5.32 Å². The van der Waals surface area contributed by atoms with Gasteiger partial charge in [-0.2, -0.15) is 0 Å². The van der Waals surface area contributed by atoms with E-state index >= 15 is 0 Å². The van der Waals surface area contributed by atoms with Crippen molar-refractivity contribution in [3.05, 3.63) is 29.3 Å². The molecule has 0 saturated heterocycles. The van der Waals surface area contributed by atoms with Crippen molar-refractivity contribution in [2.24, 2.45) is 5.73 Å². The lowest BCUT2D eigenvalue weighted by Crippen LogP contribution is -2.38. The zero-order chi connectivity index (χ0) is 10.6. The van der Waals surface area contributed by atoms with Crippen LogP contribution < -0.4 is 11.1 Å². The van der Waals surface area contributed by atoms with Crippen LogP contribution in [-0.2, 0) is 4.79 Å². The first-order valence-corrected chi connectivity index (χ1v) is 4.43. The summed E-state index contributed by atoms with van der Waals surface area (Å²) in [6, 6.07) is 6.05. The Morgan fingerprint density at radius 3 is 2.86 bits per heavy atom. The molecular weight excluding hydrogens is 204 g/mol. The first-order valence-electron chi connectivity index (χ1n) is 4.05. The topological polar surface area (TPSA) is 75.4 Å². The number of hydrogen-bond acceptors (Lipinski definition) is 3. The highest BCUT2D eigenvalue weighted by molar-refractivity contribution is 6.30. The van der Waals surface area contributed by atoms with Crippen LogP contribution in [0, 0.1) is 0 Å². The summed E-state index contributed by atoms with van der Waals surface area (Å²) in [5, 5.41) is 12.1. The van der Waals surface area contributed by atoms with E-state index in [-0.39, 0.29) is 6.61 Å². The van der Waals surface area contributed by atoms with Gasteiger partial charge in [0.15, 0.2) is 0 Å². The molecule has 4 nitrogen and oxygen atoms in total. The smallest absolute Gasteiger partial charge is 0.242 e. The number of nitrogens with two attached hydrogens (primary N) is 1. The maximum Gasteiger partial charge on any atom is 0.242 e. The molecule has 0 spiro atoms. The van der Waals surface area contributed by atoms with E-state index in [1.165, 1.54) is 0 Å². The molecule has 1 atom stereocenters. The number of nitrogens with one attached hydrogen (secondary N) is 1. The Kier molecular flexibility index (Phi) is 3.73. The van der Waals surface area contributed by atoms with Crippen molar-refractivity contribution in [2.75, 3.05) is 11.9 Å². The van der Waals surface area contributed by atoms with Gasteiger partial charge in [0.1, 0.15) is 6.04 Å². The minimum absolute atomic E-state index is 0.345. The predicted molar refractivity (Wildman–Crippen MR) is 55.1 cm³/mol. The lowest BCUT2D eigenvalue weighted by molar-refractivity contribution is -0.119. The van der Waals surface area contributed by atoms with Crippen molar-refractivity contribution in [3.8, 4) is 0 Å². The first-order chi connectivity index (χ1) is 6.63. The number of carbonyl (C=O) groups is 1. The zero-order valence-corrected chi connectivity index (χ0v) is 8.16. The molecule has 0 saturated carbocycles. The average Bonchev–Trinajstić information content (AvgIpc) is 2.14. The van der Waals surface area contributed by atoms with Crippen molar-refractivity contribution < 1.29 is 9.90 Å². The maximum atomic E-state index is 10.8. The summed E-state index contributed by atoms with van der Waals surface area (Å²) >= 11 is 5.73. The number of hydrogen-bond donors (Lipinski definition) is 3. The summed E-state index contributed by atoms with van der Waals surface area (Å²) in [5.41, 5.74) is 5.69. The lowest BCUT2D eigenvalue weighted by atomic mass is 10.2. The number of aliphatic hydroxyl groups excluding tert-OH is 1. The Hall–Kier alpha value is -1.26. The van der Waals surface area contributed by atoms with Crippen LogP contribution in [-0.4, -0.2) is 23.7 Å². The number of anilines is 1. The Balaban J connectivity index is 2.72. The molecule has 1 aromatic rings. The van der Waals surface area contributed by atoms with Gasteiger partial charge in [0.25, 0.3) is 0 Å². The van der Waals surface area contributed by atoms with Gasteiger partial charge in [0.05, 0.1) is 6.61 Å². The van der Waals surface area contributed by atoms with E-state index in [1.54, 1.807) is 24.3 Å². The number of aliphatic hydroxyl groups is 1. The second-order valence-electron chi connectivity index (χ2n) is 2.79. The number of amides is 1. The molecule has 76 valence electrons. The minimum atomic E-state index is -0.784. The Bertz CT molecular complexity index is 330. The van der Waals surface area contributed by atoms with Gasteiger partial charge in [-0.15, -0.1) is 0 Å². The van der Waals surface area contributed by atoms with Crippen molar-refractivity contribution in [2.45, 2.75) is 6.04 Å². The summed E-state index contributed by atoms with van der Waals surface area (Å²) in [6.07, 6.45) is 0. The monoisotopic (exact) mass is 214 g/mol. The highest BCUT2D eigenvalue weighted by Crippen LogP contribution is 2.15. The first kappa shape index (κ1) is 10.8. The van der Waals surface area contributed by atoms with Gasteiger partial charge in [0.2, 0.25) is 5.91 Å². The van der Waals surface area contributed by atoms with Gasteiger partial charge in [0, 0.05) is 10.7 Å². The van der Waals surface area contributed by atoms with Crippen LogP contribution in [0.25, 0.3) is 0 Å². The zero-order valence-electron chi connectivity index (χ0n) is 7.40. The van der Waals surface area contributed by atoms with Crippen molar-refractivity contribution in [1.82, 2.24) is 0 Å². The fraction of sp³-hybridized carbons (Fsp3) is 0.222. The fourth-order valence-electron chi connectivity index (χ4n) is 0.986. The van der Waals surface area contributed by atoms with E-state index < -0.39 is 11.9 Å². The van der Waals surface area contributed by atoms with Crippen LogP contribution in [0.4, 0.5) is 5.69 Å². The summed E-state index contributed by atoms with van der Waals surface area (Å²) < 4.78 is 0. The van der Waals surface area contributed by atoms with E-state index in [9.17, 15) is 4.79 Å². The lowest BCUT2D eigenvalue weighted by Gasteiger charge is -2.13. The van der Waals surface area contributed by atoms with Crippen molar-refractivity contribution in [1.29, 1.82) is 0 Å². The minimum Gasteiger partial charge on any atom is -0.394 e. The third-order valence-electron chi connectivity index (χ3n) is 1.69. The standard InChI is InChI=1S/C9H11ClN2O2/c10-6-2-1-3-7(4-6)12-8(5-13)9(11)14/h1-4,8,12-13H,5H2,(H2,11,14). The molecule has 1 unspecified atom stereocenters. The van der Waals surface area contributed by atoms with Crippen LogP contribution in [0.15, 0.2) is 24.3 Å². The maximum absolute atomic E-state index is 10.8. The SMILES string of the molecule is NC(=O)C(CO)Nc1cccc(Cl)c1. The van der Waals surface area contributed by atoms with Crippen LogP contribution in [0.2, 0.25) is 5.02 Å². The van der Waals surface area contributed by atoms with Crippen LogP contribution in [0.5, 0.6) is 0 Å². The Morgan fingerprint density at radius 2 is 2.36 bits per heavy atom. The molecule has 0 aliphatic carbocycles. The molecule has 0 aliphatic rings. The van der Waals surface area contributed by atoms with E-state index in [0.29, 0.717) is 10.7 Å². The molecule has 0 radical (unpaired) electrons. The second-order valence-corrected chi connectivity index (χ2v) is 3.23. The normalized spacial score (nSPS) is 12.1. The molecule has 5 heteroatoms. The summed E-state index contributed by atoms with van der Waals surface area (Å²) in [7, 11) is 0.